The molecule has 1 heterocycles. The van der Waals surface area contributed by atoms with Crippen molar-refractivity contribution in [2.24, 2.45) is 10.9 Å². The van der Waals surface area contributed by atoms with Crippen LogP contribution in [0.2, 0.25) is 0 Å². The Labute approximate surface area is 174 Å². The highest BCUT2D eigenvalue weighted by atomic mass is 127. The van der Waals surface area contributed by atoms with Crippen LogP contribution >= 0.6 is 35.7 Å². The van der Waals surface area contributed by atoms with Gasteiger partial charge < -0.3 is 20.1 Å². The highest BCUT2D eigenvalue weighted by molar-refractivity contribution is 14.0. The second kappa shape index (κ2) is 14.3. The van der Waals surface area contributed by atoms with E-state index < -0.39 is 0 Å². The highest BCUT2D eigenvalue weighted by Gasteiger charge is 2.25. The predicted octanol–water partition coefficient (Wildman–Crippen LogP) is 3.28. The first kappa shape index (κ1) is 23.3. The lowest BCUT2D eigenvalue weighted by Gasteiger charge is -2.17. The van der Waals surface area contributed by atoms with Gasteiger partial charge in [-0.3, -0.25) is 4.99 Å². The Morgan fingerprint density at radius 2 is 2.16 bits per heavy atom. The van der Waals surface area contributed by atoms with E-state index in [4.69, 9.17) is 14.5 Å². The molecule has 0 aromatic rings. The molecule has 1 aliphatic heterocycles. The molecule has 1 saturated heterocycles. The van der Waals surface area contributed by atoms with Crippen LogP contribution in [-0.2, 0) is 9.47 Å². The van der Waals surface area contributed by atoms with Gasteiger partial charge in [-0.25, -0.2) is 0 Å². The smallest absolute Gasteiger partial charge is 0.191 e. The average Bonchev–Trinajstić information content (AvgIpc) is 3.23. The molecule has 0 aromatic carbocycles. The van der Waals surface area contributed by atoms with Crippen LogP contribution in [0.25, 0.3) is 0 Å². The molecule has 2 fully saturated rings. The second-order valence-corrected chi connectivity index (χ2v) is 8.23. The number of guanidine groups is 1. The van der Waals surface area contributed by atoms with Gasteiger partial charge in [0.2, 0.25) is 0 Å². The van der Waals surface area contributed by atoms with E-state index in [9.17, 15) is 0 Å². The van der Waals surface area contributed by atoms with E-state index in [1.807, 2.05) is 0 Å². The van der Waals surface area contributed by atoms with Gasteiger partial charge in [-0.15, -0.1) is 24.0 Å². The van der Waals surface area contributed by atoms with Crippen LogP contribution < -0.4 is 10.6 Å². The molecule has 0 spiro atoms. The summed E-state index contributed by atoms with van der Waals surface area (Å²) in [6, 6.07) is 0.575. The number of aliphatic imine (C=N–C) groups is 1. The Bertz CT molecular complexity index is 368. The second-order valence-electron chi connectivity index (χ2n) is 6.65. The van der Waals surface area contributed by atoms with Crippen LogP contribution in [0.4, 0.5) is 0 Å². The third-order valence-corrected chi connectivity index (χ3v) is 5.80. The van der Waals surface area contributed by atoms with Gasteiger partial charge in [-0.1, -0.05) is 6.92 Å². The Morgan fingerprint density at radius 1 is 1.28 bits per heavy atom. The summed E-state index contributed by atoms with van der Waals surface area (Å²) in [6.45, 7) is 9.48. The molecule has 1 aliphatic carbocycles. The minimum Gasteiger partial charge on any atom is -0.381 e. The van der Waals surface area contributed by atoms with Gasteiger partial charge in [-0.05, 0) is 44.8 Å². The highest BCUT2D eigenvalue weighted by Crippen LogP contribution is 2.29. The van der Waals surface area contributed by atoms with Crippen molar-refractivity contribution in [1.29, 1.82) is 0 Å². The van der Waals surface area contributed by atoms with Crippen LogP contribution in [0.5, 0.6) is 0 Å². The molecule has 0 radical (unpaired) electrons. The first-order chi connectivity index (χ1) is 11.8. The molecule has 7 heteroatoms. The largest absolute Gasteiger partial charge is 0.381 e. The lowest BCUT2D eigenvalue weighted by molar-refractivity contribution is 0.0893. The Balaban J connectivity index is 0.00000312. The normalized spacial score (nSPS) is 26.5. The fourth-order valence-corrected chi connectivity index (χ4v) is 4.44. The maximum absolute atomic E-state index is 5.74. The fourth-order valence-electron chi connectivity index (χ4n) is 3.29. The van der Waals surface area contributed by atoms with Crippen LogP contribution in [0.15, 0.2) is 4.99 Å². The third kappa shape index (κ3) is 9.68. The molecule has 2 N–H and O–H groups in total. The van der Waals surface area contributed by atoms with Gasteiger partial charge in [0, 0.05) is 43.5 Å². The summed E-state index contributed by atoms with van der Waals surface area (Å²) in [7, 11) is 0. The molecule has 0 amide bonds. The van der Waals surface area contributed by atoms with E-state index in [1.165, 1.54) is 25.0 Å². The molecule has 0 aromatic heterocycles. The fraction of sp³-hybridized carbons (Fsp3) is 0.944. The first-order valence-electron chi connectivity index (χ1n) is 9.63. The summed E-state index contributed by atoms with van der Waals surface area (Å²) in [5, 5.41) is 7.80. The maximum atomic E-state index is 5.74. The van der Waals surface area contributed by atoms with Gasteiger partial charge in [0.25, 0.3) is 0 Å². The van der Waals surface area contributed by atoms with E-state index in [1.54, 1.807) is 0 Å². The van der Waals surface area contributed by atoms with Crippen molar-refractivity contribution in [1.82, 2.24) is 10.6 Å². The Kier molecular flexibility index (Phi) is 13.4. The number of ether oxygens (including phenoxy) is 2. The minimum absolute atomic E-state index is 0. The SMILES string of the molecule is CCNC(=NCCCOCC1CCOC1)NC1CCC(SCC)C1.I. The molecule has 0 bridgehead atoms. The van der Waals surface area contributed by atoms with E-state index in [-0.39, 0.29) is 24.0 Å². The molecule has 148 valence electrons. The van der Waals surface area contributed by atoms with E-state index >= 15 is 0 Å². The summed E-state index contributed by atoms with van der Waals surface area (Å²) < 4.78 is 11.1. The van der Waals surface area contributed by atoms with Gasteiger partial charge in [0.15, 0.2) is 5.96 Å². The van der Waals surface area contributed by atoms with Crippen molar-refractivity contribution in [2.45, 2.75) is 57.2 Å². The van der Waals surface area contributed by atoms with Gasteiger partial charge in [0.1, 0.15) is 0 Å². The van der Waals surface area contributed by atoms with Crippen LogP contribution in [0, 0.1) is 5.92 Å². The van der Waals surface area contributed by atoms with Crippen molar-refractivity contribution in [3.05, 3.63) is 0 Å². The number of thioether (sulfide) groups is 1. The van der Waals surface area contributed by atoms with Gasteiger partial charge in [-0.2, -0.15) is 11.8 Å². The van der Waals surface area contributed by atoms with E-state index in [0.717, 1.165) is 63.6 Å². The molecule has 25 heavy (non-hydrogen) atoms. The topological polar surface area (TPSA) is 54.9 Å². The lowest BCUT2D eigenvalue weighted by Crippen LogP contribution is -2.42. The van der Waals surface area contributed by atoms with Gasteiger partial charge >= 0.3 is 0 Å². The number of hydrogen-bond donors (Lipinski definition) is 2. The van der Waals surface area contributed by atoms with Crippen molar-refractivity contribution in [3.8, 4) is 0 Å². The van der Waals surface area contributed by atoms with Gasteiger partial charge in [0.05, 0.1) is 13.2 Å². The molecular weight excluding hydrogens is 449 g/mol. The first-order valence-corrected chi connectivity index (χ1v) is 10.7. The van der Waals surface area contributed by atoms with E-state index in [2.05, 4.69) is 36.2 Å². The molecule has 3 unspecified atom stereocenters. The van der Waals surface area contributed by atoms with Crippen molar-refractivity contribution >= 4 is 41.7 Å². The van der Waals surface area contributed by atoms with Crippen molar-refractivity contribution < 1.29 is 9.47 Å². The predicted molar refractivity (Wildman–Crippen MR) is 118 cm³/mol. The standard InChI is InChI=1S/C18H35N3O2S.HI/c1-3-19-18(21-16-6-7-17(12-16)24-4-2)20-9-5-10-22-13-15-8-11-23-14-15;/h15-17H,3-14H2,1-2H3,(H2,19,20,21);1H. The van der Waals surface area contributed by atoms with Crippen LogP contribution in [0.1, 0.15) is 46.0 Å². The van der Waals surface area contributed by atoms with E-state index in [0.29, 0.717) is 12.0 Å². The number of nitrogens with one attached hydrogen (secondary N) is 2. The third-order valence-electron chi connectivity index (χ3n) is 4.57. The zero-order chi connectivity index (χ0) is 17.0. The summed E-state index contributed by atoms with van der Waals surface area (Å²) >= 11 is 2.09. The Morgan fingerprint density at radius 3 is 2.88 bits per heavy atom. The maximum Gasteiger partial charge on any atom is 0.191 e. The zero-order valence-electron chi connectivity index (χ0n) is 15.8. The quantitative estimate of drug-likeness (QED) is 0.215. The monoisotopic (exact) mass is 485 g/mol. The summed E-state index contributed by atoms with van der Waals surface area (Å²) in [5.74, 6) is 2.79. The molecule has 5 nitrogen and oxygen atoms in total. The molecule has 1 saturated carbocycles. The summed E-state index contributed by atoms with van der Waals surface area (Å²) in [6.07, 6.45) is 5.97. The summed E-state index contributed by atoms with van der Waals surface area (Å²) in [5.41, 5.74) is 0. The number of halogens is 1. The minimum atomic E-state index is 0. The molecular formula is C18H36IN3O2S. The van der Waals surface area contributed by atoms with Crippen molar-refractivity contribution in [2.75, 3.05) is 45.3 Å². The zero-order valence-corrected chi connectivity index (χ0v) is 18.9. The number of nitrogens with zero attached hydrogens (tertiary/aromatic N) is 1. The van der Waals surface area contributed by atoms with Crippen molar-refractivity contribution in [3.63, 3.8) is 0 Å². The number of rotatable bonds is 10. The molecule has 2 rings (SSSR count). The lowest BCUT2D eigenvalue weighted by atomic mass is 10.1. The van der Waals surface area contributed by atoms with Crippen LogP contribution in [0.3, 0.4) is 0 Å². The number of hydrogen-bond acceptors (Lipinski definition) is 4. The van der Waals surface area contributed by atoms with Crippen LogP contribution in [-0.4, -0.2) is 62.5 Å². The summed E-state index contributed by atoms with van der Waals surface area (Å²) in [4.78, 5) is 4.70. The average molecular weight is 485 g/mol. The molecule has 3 atom stereocenters. The molecule has 2 aliphatic rings. The Hall–Kier alpha value is 0.270.